The monoisotopic (exact) mass is 448 g/mol. The largest absolute Gasteiger partial charge is 0.352 e. The van der Waals surface area contributed by atoms with Gasteiger partial charge in [0.1, 0.15) is 0 Å². The van der Waals surface area contributed by atoms with Crippen molar-refractivity contribution >= 4 is 11.7 Å². The zero-order valence-corrected chi connectivity index (χ0v) is 19.6. The van der Waals surface area contributed by atoms with Crippen molar-refractivity contribution in [3.8, 4) is 22.4 Å². The molecule has 5 rings (SSSR count). The summed E-state index contributed by atoms with van der Waals surface area (Å²) in [4.78, 5) is 17.1. The number of anilines is 1. The van der Waals surface area contributed by atoms with Gasteiger partial charge in [-0.2, -0.15) is 0 Å². The van der Waals surface area contributed by atoms with Crippen LogP contribution >= 0.6 is 0 Å². The molecular weight excluding hydrogens is 420 g/mol. The summed E-state index contributed by atoms with van der Waals surface area (Å²) in [6.07, 6.45) is 0. The first-order chi connectivity index (χ1) is 16.6. The Bertz CT molecular complexity index is 1280. The van der Waals surface area contributed by atoms with Crippen LogP contribution in [-0.2, 0) is 0 Å². The summed E-state index contributed by atoms with van der Waals surface area (Å²) in [6, 6.07) is 28.5. The van der Waals surface area contributed by atoms with Gasteiger partial charge in [0.25, 0.3) is 5.91 Å². The Balaban J connectivity index is 1.21. The van der Waals surface area contributed by atoms with Gasteiger partial charge in [0.2, 0.25) is 0 Å². The zero-order chi connectivity index (χ0) is 23.5. The van der Waals surface area contributed by atoms with Gasteiger partial charge < -0.3 is 9.80 Å². The molecule has 1 fully saturated rings. The smallest absolute Gasteiger partial charge is 0.253 e. The Morgan fingerprint density at radius 1 is 0.735 bits per heavy atom. The number of hydrogen-bond donors (Lipinski definition) is 0. The summed E-state index contributed by atoms with van der Waals surface area (Å²) in [7, 11) is 0. The molecule has 5 heteroatoms. The Kier molecular flexibility index (Phi) is 6.09. The molecule has 0 N–H and O–H groups in total. The van der Waals surface area contributed by atoms with Crippen molar-refractivity contribution in [2.24, 2.45) is 0 Å². The predicted octanol–water partition coefficient (Wildman–Crippen LogP) is 5.39. The fourth-order valence-electron chi connectivity index (χ4n) is 4.50. The van der Waals surface area contributed by atoms with Gasteiger partial charge in [0, 0.05) is 37.3 Å². The van der Waals surface area contributed by atoms with Crippen LogP contribution in [-0.4, -0.2) is 47.2 Å². The molecule has 1 aromatic heterocycles. The fourth-order valence-corrected chi connectivity index (χ4v) is 4.50. The maximum absolute atomic E-state index is 13.0. The SMILES string of the molecule is Cc1ccc(-c2ccc(N3CCN(C(=O)c4ccc(-c5ccccc5)cc4)CC3)nn2)c(C)c1. The highest BCUT2D eigenvalue weighted by Gasteiger charge is 2.23. The van der Waals surface area contributed by atoms with Crippen LogP contribution in [0.1, 0.15) is 21.5 Å². The second-order valence-electron chi connectivity index (χ2n) is 8.82. The summed E-state index contributed by atoms with van der Waals surface area (Å²) < 4.78 is 0. The van der Waals surface area contributed by atoms with Crippen LogP contribution in [0.5, 0.6) is 0 Å². The van der Waals surface area contributed by atoms with Crippen molar-refractivity contribution in [3.63, 3.8) is 0 Å². The lowest BCUT2D eigenvalue weighted by Crippen LogP contribution is -2.49. The minimum Gasteiger partial charge on any atom is -0.352 e. The molecule has 3 aromatic carbocycles. The highest BCUT2D eigenvalue weighted by molar-refractivity contribution is 5.95. The molecule has 1 aliphatic rings. The highest BCUT2D eigenvalue weighted by Crippen LogP contribution is 2.24. The Morgan fingerprint density at radius 3 is 2.09 bits per heavy atom. The zero-order valence-electron chi connectivity index (χ0n) is 19.6. The normalized spacial score (nSPS) is 13.7. The number of rotatable bonds is 4. The number of benzene rings is 3. The molecule has 34 heavy (non-hydrogen) atoms. The third-order valence-electron chi connectivity index (χ3n) is 6.44. The van der Waals surface area contributed by atoms with Crippen LogP contribution in [0.25, 0.3) is 22.4 Å². The van der Waals surface area contributed by atoms with Crippen LogP contribution < -0.4 is 4.90 Å². The molecular formula is C29H28N4O. The maximum atomic E-state index is 13.0. The molecule has 1 saturated heterocycles. The van der Waals surface area contributed by atoms with Gasteiger partial charge in [0.15, 0.2) is 5.82 Å². The number of nitrogens with zero attached hydrogens (tertiary/aromatic N) is 4. The van der Waals surface area contributed by atoms with E-state index in [1.807, 2.05) is 59.5 Å². The van der Waals surface area contributed by atoms with Gasteiger partial charge in [-0.1, -0.05) is 66.2 Å². The van der Waals surface area contributed by atoms with Crippen LogP contribution in [0.2, 0.25) is 0 Å². The Hall–Kier alpha value is -3.99. The minimum absolute atomic E-state index is 0.0792. The van der Waals surface area contributed by atoms with Crippen molar-refractivity contribution in [2.75, 3.05) is 31.1 Å². The molecule has 170 valence electrons. The van der Waals surface area contributed by atoms with Gasteiger partial charge in [-0.05, 0) is 54.8 Å². The van der Waals surface area contributed by atoms with Crippen LogP contribution in [0.15, 0.2) is 84.9 Å². The molecule has 4 aromatic rings. The van der Waals surface area contributed by atoms with Crippen LogP contribution in [0.3, 0.4) is 0 Å². The van der Waals surface area contributed by atoms with Crippen LogP contribution in [0.4, 0.5) is 5.82 Å². The molecule has 0 bridgehead atoms. The average molecular weight is 449 g/mol. The molecule has 0 radical (unpaired) electrons. The number of amides is 1. The van der Waals surface area contributed by atoms with Gasteiger partial charge in [-0.15, -0.1) is 10.2 Å². The summed E-state index contributed by atoms with van der Waals surface area (Å²) in [5, 5.41) is 8.96. The van der Waals surface area contributed by atoms with E-state index in [9.17, 15) is 4.79 Å². The number of aromatic nitrogens is 2. The van der Waals surface area contributed by atoms with E-state index in [-0.39, 0.29) is 5.91 Å². The highest BCUT2D eigenvalue weighted by atomic mass is 16.2. The molecule has 0 saturated carbocycles. The standard InChI is InChI=1S/C29H28N4O/c1-21-8-13-26(22(2)20-21)27-14-15-28(31-30-27)32-16-18-33(19-17-32)29(34)25-11-9-24(10-12-25)23-6-4-3-5-7-23/h3-15,20H,16-19H2,1-2H3. The number of aryl methyl sites for hydroxylation is 2. The molecule has 1 aliphatic heterocycles. The molecule has 0 aliphatic carbocycles. The van der Waals surface area contributed by atoms with Crippen molar-refractivity contribution in [2.45, 2.75) is 13.8 Å². The van der Waals surface area contributed by atoms with E-state index in [1.165, 1.54) is 11.1 Å². The lowest BCUT2D eigenvalue weighted by Gasteiger charge is -2.35. The minimum atomic E-state index is 0.0792. The topological polar surface area (TPSA) is 49.3 Å². The van der Waals surface area contributed by atoms with Gasteiger partial charge in [0.05, 0.1) is 5.69 Å². The van der Waals surface area contributed by atoms with E-state index in [2.05, 4.69) is 59.3 Å². The van der Waals surface area contributed by atoms with E-state index in [1.54, 1.807) is 0 Å². The first-order valence-corrected chi connectivity index (χ1v) is 11.7. The summed E-state index contributed by atoms with van der Waals surface area (Å²) in [5.74, 6) is 0.934. The van der Waals surface area contributed by atoms with Crippen molar-refractivity contribution in [1.29, 1.82) is 0 Å². The van der Waals surface area contributed by atoms with E-state index in [4.69, 9.17) is 0 Å². The van der Waals surface area contributed by atoms with E-state index in [0.717, 1.165) is 46.9 Å². The first kappa shape index (κ1) is 21.8. The summed E-state index contributed by atoms with van der Waals surface area (Å²) in [5.41, 5.74) is 7.43. The average Bonchev–Trinajstić information content (AvgIpc) is 2.89. The number of carbonyl (C=O) groups is 1. The molecule has 0 spiro atoms. The molecule has 2 heterocycles. The molecule has 5 nitrogen and oxygen atoms in total. The molecule has 0 atom stereocenters. The first-order valence-electron chi connectivity index (χ1n) is 11.7. The van der Waals surface area contributed by atoms with E-state index < -0.39 is 0 Å². The van der Waals surface area contributed by atoms with Crippen molar-refractivity contribution in [3.05, 3.63) is 102 Å². The van der Waals surface area contributed by atoms with E-state index in [0.29, 0.717) is 13.1 Å². The van der Waals surface area contributed by atoms with Crippen LogP contribution in [0, 0.1) is 13.8 Å². The lowest BCUT2D eigenvalue weighted by atomic mass is 10.0. The predicted molar refractivity (Wildman–Crippen MR) is 137 cm³/mol. The third-order valence-corrected chi connectivity index (χ3v) is 6.44. The van der Waals surface area contributed by atoms with Gasteiger partial charge in [-0.3, -0.25) is 4.79 Å². The summed E-state index contributed by atoms with van der Waals surface area (Å²) >= 11 is 0. The van der Waals surface area contributed by atoms with Crippen molar-refractivity contribution in [1.82, 2.24) is 15.1 Å². The number of hydrogen-bond acceptors (Lipinski definition) is 4. The quantitative estimate of drug-likeness (QED) is 0.420. The molecule has 1 amide bonds. The third kappa shape index (κ3) is 4.55. The van der Waals surface area contributed by atoms with Gasteiger partial charge >= 0.3 is 0 Å². The Morgan fingerprint density at radius 2 is 1.44 bits per heavy atom. The van der Waals surface area contributed by atoms with Gasteiger partial charge in [-0.25, -0.2) is 0 Å². The van der Waals surface area contributed by atoms with Crippen molar-refractivity contribution < 1.29 is 4.79 Å². The number of carbonyl (C=O) groups excluding carboxylic acids is 1. The summed E-state index contributed by atoms with van der Waals surface area (Å²) in [6.45, 7) is 7.01. The maximum Gasteiger partial charge on any atom is 0.253 e. The lowest BCUT2D eigenvalue weighted by molar-refractivity contribution is 0.0746. The number of piperazine rings is 1. The Labute approximate surface area is 200 Å². The second-order valence-corrected chi connectivity index (χ2v) is 8.82. The fraction of sp³-hybridized carbons (Fsp3) is 0.207. The van der Waals surface area contributed by atoms with E-state index >= 15 is 0 Å². The second kappa shape index (κ2) is 9.48. The molecule has 0 unspecified atom stereocenters.